The molecule has 2 rings (SSSR count). The van der Waals surface area contributed by atoms with Gasteiger partial charge in [-0.3, -0.25) is 0 Å². The third-order valence-corrected chi connectivity index (χ3v) is 3.65. The maximum atomic E-state index is 13.6. The van der Waals surface area contributed by atoms with Crippen molar-refractivity contribution in [3.8, 4) is 0 Å². The average Bonchev–Trinajstić information content (AvgIpc) is 2.71. The van der Waals surface area contributed by atoms with E-state index in [2.05, 4.69) is 25.2 Å². The molecule has 0 radical (unpaired) electrons. The van der Waals surface area contributed by atoms with Crippen LogP contribution in [0.1, 0.15) is 43.7 Å². The van der Waals surface area contributed by atoms with Crippen LogP contribution >= 0.6 is 0 Å². The number of hydrogen-bond acceptors (Lipinski definition) is 1. The summed E-state index contributed by atoms with van der Waals surface area (Å²) >= 11 is 0. The van der Waals surface area contributed by atoms with Crippen LogP contribution in [0.5, 0.6) is 0 Å². The summed E-state index contributed by atoms with van der Waals surface area (Å²) in [6.07, 6.45) is 3.09. The second-order valence-corrected chi connectivity index (χ2v) is 4.53. The van der Waals surface area contributed by atoms with Gasteiger partial charge in [-0.25, -0.2) is 4.39 Å². The molecule has 1 aromatic rings. The summed E-state index contributed by atoms with van der Waals surface area (Å²) in [5.41, 5.74) is 2.18. The maximum absolute atomic E-state index is 13.6. The Hall–Kier alpha value is -0.890. The fourth-order valence-electron chi connectivity index (χ4n) is 2.89. The van der Waals surface area contributed by atoms with Crippen LogP contribution in [0.4, 0.5) is 4.39 Å². The van der Waals surface area contributed by atoms with Crippen molar-refractivity contribution in [3.05, 3.63) is 35.1 Å². The number of halogens is 1. The largest absolute Gasteiger partial charge is 0.314 e. The van der Waals surface area contributed by atoms with Gasteiger partial charge in [0.15, 0.2) is 0 Å². The second kappa shape index (κ2) is 4.96. The minimum Gasteiger partial charge on any atom is -0.314 e. The van der Waals surface area contributed by atoms with Crippen LogP contribution in [0.25, 0.3) is 0 Å². The Labute approximate surface area is 97.1 Å². The second-order valence-electron chi connectivity index (χ2n) is 4.53. The Morgan fingerprint density at radius 1 is 1.44 bits per heavy atom. The number of fused-ring (bicyclic) bond motifs is 1. The van der Waals surface area contributed by atoms with Crippen LogP contribution in [0.3, 0.4) is 0 Å². The van der Waals surface area contributed by atoms with Crippen LogP contribution in [0.2, 0.25) is 0 Å². The van der Waals surface area contributed by atoms with Gasteiger partial charge in [-0.2, -0.15) is 0 Å². The van der Waals surface area contributed by atoms with Crippen LogP contribution in [-0.2, 0) is 6.42 Å². The molecule has 16 heavy (non-hydrogen) atoms. The Kier molecular flexibility index (Phi) is 3.59. The quantitative estimate of drug-likeness (QED) is 0.823. The van der Waals surface area contributed by atoms with Gasteiger partial charge in [0.2, 0.25) is 0 Å². The van der Waals surface area contributed by atoms with Crippen LogP contribution in [0, 0.1) is 5.82 Å². The summed E-state index contributed by atoms with van der Waals surface area (Å²) in [6.45, 7) is 5.31. The molecule has 0 bridgehead atoms. The van der Waals surface area contributed by atoms with E-state index in [-0.39, 0.29) is 5.82 Å². The van der Waals surface area contributed by atoms with Gasteiger partial charge >= 0.3 is 0 Å². The first-order valence-corrected chi connectivity index (χ1v) is 6.28. The van der Waals surface area contributed by atoms with Crippen molar-refractivity contribution in [1.29, 1.82) is 0 Å². The lowest BCUT2D eigenvalue weighted by Gasteiger charge is -2.24. The molecule has 0 saturated carbocycles. The van der Waals surface area contributed by atoms with Crippen molar-refractivity contribution >= 4 is 0 Å². The van der Waals surface area contributed by atoms with Gasteiger partial charge in [-0.1, -0.05) is 26.0 Å². The number of rotatable bonds is 4. The molecule has 0 amide bonds. The van der Waals surface area contributed by atoms with Crippen molar-refractivity contribution in [2.24, 2.45) is 0 Å². The van der Waals surface area contributed by atoms with Crippen molar-refractivity contribution < 1.29 is 4.39 Å². The van der Waals surface area contributed by atoms with Gasteiger partial charge in [0, 0.05) is 6.04 Å². The number of nitrogens with one attached hydrogen (secondary N) is 1. The molecule has 1 N–H and O–H groups in total. The lowest BCUT2D eigenvalue weighted by molar-refractivity contribution is 0.426. The first-order valence-electron chi connectivity index (χ1n) is 6.28. The molecule has 2 heteroatoms. The van der Waals surface area contributed by atoms with E-state index in [1.165, 1.54) is 5.56 Å². The summed E-state index contributed by atoms with van der Waals surface area (Å²) in [7, 11) is 0. The molecule has 0 aromatic heterocycles. The molecule has 0 spiro atoms. The molecule has 1 nitrogen and oxygen atoms in total. The van der Waals surface area contributed by atoms with E-state index in [1.807, 2.05) is 6.07 Å². The number of likely N-dealkylation sites (N-methyl/N-ethyl adjacent to an activating group) is 1. The molecule has 2 atom stereocenters. The minimum absolute atomic E-state index is 0.0219. The fraction of sp³-hybridized carbons (Fsp3) is 0.571. The highest BCUT2D eigenvalue weighted by molar-refractivity contribution is 5.37. The Morgan fingerprint density at radius 3 is 2.94 bits per heavy atom. The van der Waals surface area contributed by atoms with Crippen molar-refractivity contribution in [3.63, 3.8) is 0 Å². The van der Waals surface area contributed by atoms with E-state index in [9.17, 15) is 4.39 Å². The van der Waals surface area contributed by atoms with E-state index in [4.69, 9.17) is 0 Å². The average molecular weight is 221 g/mol. The zero-order chi connectivity index (χ0) is 11.5. The topological polar surface area (TPSA) is 12.0 Å². The fourth-order valence-corrected chi connectivity index (χ4v) is 2.89. The summed E-state index contributed by atoms with van der Waals surface area (Å²) in [6, 6.07) is 6.00. The zero-order valence-electron chi connectivity index (χ0n) is 10.1. The van der Waals surface area contributed by atoms with Gasteiger partial charge in [-0.15, -0.1) is 0 Å². The Morgan fingerprint density at radius 2 is 2.25 bits per heavy atom. The lowest BCUT2D eigenvalue weighted by Crippen LogP contribution is -2.33. The molecule has 88 valence electrons. The first kappa shape index (κ1) is 11.6. The highest BCUT2D eigenvalue weighted by Crippen LogP contribution is 2.37. The predicted molar refractivity (Wildman–Crippen MR) is 65.2 cm³/mol. The van der Waals surface area contributed by atoms with Gasteiger partial charge in [0.25, 0.3) is 0 Å². The normalized spacial score (nSPS) is 20.8. The minimum atomic E-state index is -0.0219. The molecule has 1 aliphatic carbocycles. The third-order valence-electron chi connectivity index (χ3n) is 3.65. The highest BCUT2D eigenvalue weighted by Gasteiger charge is 2.29. The van der Waals surface area contributed by atoms with Gasteiger partial charge in [0.05, 0.1) is 0 Å². The predicted octanol–water partition coefficient (Wildman–Crippen LogP) is 3.24. The van der Waals surface area contributed by atoms with E-state index in [0.29, 0.717) is 12.0 Å². The molecule has 2 unspecified atom stereocenters. The molecule has 0 heterocycles. The van der Waals surface area contributed by atoms with Crippen molar-refractivity contribution in [2.75, 3.05) is 6.54 Å². The third kappa shape index (κ3) is 1.99. The Balaban J connectivity index is 2.25. The molecule has 0 fully saturated rings. The van der Waals surface area contributed by atoms with E-state index in [1.54, 1.807) is 6.07 Å². The molecule has 0 saturated heterocycles. The van der Waals surface area contributed by atoms with Crippen molar-refractivity contribution in [1.82, 2.24) is 5.32 Å². The number of hydrogen-bond donors (Lipinski definition) is 1. The van der Waals surface area contributed by atoms with Crippen LogP contribution < -0.4 is 5.32 Å². The van der Waals surface area contributed by atoms with Gasteiger partial charge in [0.1, 0.15) is 5.82 Å². The maximum Gasteiger partial charge on any atom is 0.126 e. The standard InChI is InChI=1S/C14H20FN/c1-3-14(16-4-2)12-9-8-11-10(12)6-5-7-13(11)15/h5-7,12,14,16H,3-4,8-9H2,1-2H3. The summed E-state index contributed by atoms with van der Waals surface area (Å²) in [5, 5.41) is 3.51. The first-order chi connectivity index (χ1) is 7.77. The van der Waals surface area contributed by atoms with Gasteiger partial charge in [-0.05, 0) is 48.9 Å². The van der Waals surface area contributed by atoms with E-state index < -0.39 is 0 Å². The molecular weight excluding hydrogens is 201 g/mol. The summed E-state index contributed by atoms with van der Waals surface area (Å²) in [4.78, 5) is 0. The number of benzene rings is 1. The Bertz CT molecular complexity index is 362. The van der Waals surface area contributed by atoms with Crippen LogP contribution in [-0.4, -0.2) is 12.6 Å². The summed E-state index contributed by atoms with van der Waals surface area (Å²) < 4.78 is 13.6. The molecule has 1 aromatic carbocycles. The highest BCUT2D eigenvalue weighted by atomic mass is 19.1. The SMILES string of the molecule is CCNC(CC)C1CCc2c(F)cccc21. The van der Waals surface area contributed by atoms with E-state index in [0.717, 1.165) is 31.4 Å². The zero-order valence-corrected chi connectivity index (χ0v) is 10.1. The molecule has 0 aliphatic heterocycles. The van der Waals surface area contributed by atoms with Gasteiger partial charge < -0.3 is 5.32 Å². The van der Waals surface area contributed by atoms with Crippen molar-refractivity contribution in [2.45, 2.75) is 45.1 Å². The monoisotopic (exact) mass is 221 g/mol. The van der Waals surface area contributed by atoms with Crippen LogP contribution in [0.15, 0.2) is 18.2 Å². The smallest absolute Gasteiger partial charge is 0.126 e. The molecular formula is C14H20FN. The van der Waals surface area contributed by atoms with E-state index >= 15 is 0 Å². The lowest BCUT2D eigenvalue weighted by atomic mass is 9.91. The summed E-state index contributed by atoms with van der Waals surface area (Å²) in [5.74, 6) is 0.474. The molecule has 1 aliphatic rings.